The first-order chi connectivity index (χ1) is 18.9. The third-order valence-electron chi connectivity index (χ3n) is 5.36. The van der Waals surface area contributed by atoms with Gasteiger partial charge in [-0.25, -0.2) is 9.79 Å². The summed E-state index contributed by atoms with van der Waals surface area (Å²) in [7, 11) is 1.65. The number of aliphatic imine (C=N–C) groups is 1. The van der Waals surface area contributed by atoms with Crippen LogP contribution >= 0.6 is 24.0 Å². The smallest absolute Gasteiger partial charge is 0.346 e. The van der Waals surface area contributed by atoms with E-state index in [-0.39, 0.29) is 10.7 Å². The van der Waals surface area contributed by atoms with Gasteiger partial charge in [0.1, 0.15) is 16.5 Å². The number of allylic oxidation sites excluding steroid dienone is 2. The Morgan fingerprint density at radius 1 is 1.12 bits per heavy atom. The van der Waals surface area contributed by atoms with Gasteiger partial charge in [0.25, 0.3) is 0 Å². The second-order valence-corrected chi connectivity index (χ2v) is 10.3. The van der Waals surface area contributed by atoms with E-state index in [0.717, 1.165) is 58.1 Å². The predicted octanol–water partition coefficient (Wildman–Crippen LogP) is 9.59. The van der Waals surface area contributed by atoms with Gasteiger partial charge < -0.3 is 14.6 Å². The highest BCUT2D eigenvalue weighted by Gasteiger charge is 2.22. The predicted molar refractivity (Wildman–Crippen MR) is 174 cm³/mol. The summed E-state index contributed by atoms with van der Waals surface area (Å²) in [4.78, 5) is 27.5. The van der Waals surface area contributed by atoms with Crippen molar-refractivity contribution >= 4 is 46.4 Å². The molecular weight excluding hydrogens is 542 g/mol. The average molecular weight is 588 g/mol. The van der Waals surface area contributed by atoms with Crippen molar-refractivity contribution in [3.05, 3.63) is 74.5 Å². The standard InChI is InChI=1S/C15H19NO3S.C15H20O2S.C2H6/c1-6-7-8(2)10(4)16-14-12(11(5)17)9(3)13(20-14)15(18)19;1-11(2)7-13(10-18)9-17-14-6-5-12(3)8-15(14)16-4;1-2/h2,6-7H2,1,3-5H3,(H,18,19);5-8,10,18H,9H2,1-4H3;1-2H3/b16-10+;13-10+;. The summed E-state index contributed by atoms with van der Waals surface area (Å²) in [6.45, 7) is 21.5. The number of benzene rings is 1. The molecule has 1 N–H and O–H groups in total. The summed E-state index contributed by atoms with van der Waals surface area (Å²) in [6.07, 6.45) is 3.85. The molecule has 0 aliphatic carbocycles. The van der Waals surface area contributed by atoms with Gasteiger partial charge in [0.2, 0.25) is 0 Å². The van der Waals surface area contributed by atoms with E-state index in [4.69, 9.17) is 14.6 Å². The molecule has 0 saturated carbocycles. The van der Waals surface area contributed by atoms with Crippen molar-refractivity contribution in [2.24, 2.45) is 4.99 Å². The van der Waals surface area contributed by atoms with Crippen molar-refractivity contribution in [3.63, 3.8) is 0 Å². The van der Waals surface area contributed by atoms with Gasteiger partial charge in [0.05, 0.1) is 12.7 Å². The van der Waals surface area contributed by atoms with Crippen LogP contribution in [0.1, 0.15) is 92.5 Å². The Morgan fingerprint density at radius 3 is 2.23 bits per heavy atom. The van der Waals surface area contributed by atoms with Crippen molar-refractivity contribution in [2.75, 3.05) is 13.7 Å². The van der Waals surface area contributed by atoms with E-state index < -0.39 is 5.97 Å². The molecule has 6 nitrogen and oxygen atoms in total. The molecule has 2 rings (SSSR count). The number of carbonyl (C=O) groups is 2. The topological polar surface area (TPSA) is 85.2 Å². The molecule has 0 aliphatic heterocycles. The molecule has 1 aromatic heterocycles. The number of ether oxygens (including phenoxy) is 2. The lowest BCUT2D eigenvalue weighted by Gasteiger charge is -2.11. The van der Waals surface area contributed by atoms with Gasteiger partial charge in [-0.15, -0.1) is 11.3 Å². The number of carboxylic acid groups (broad SMARTS) is 1. The van der Waals surface area contributed by atoms with Crippen molar-refractivity contribution in [3.8, 4) is 11.5 Å². The number of ketones is 1. The molecule has 0 unspecified atom stereocenters. The summed E-state index contributed by atoms with van der Waals surface area (Å²) in [5.41, 5.74) is 5.93. The number of thiol groups is 1. The highest BCUT2D eigenvalue weighted by Crippen LogP contribution is 2.36. The third-order valence-corrected chi connectivity index (χ3v) is 6.87. The quantitative estimate of drug-likeness (QED) is 0.118. The van der Waals surface area contributed by atoms with Crippen LogP contribution in [0.3, 0.4) is 0 Å². The van der Waals surface area contributed by atoms with Crippen LogP contribution in [0.2, 0.25) is 0 Å². The number of carbonyl (C=O) groups excluding carboxylic acids is 1. The molecular formula is C32H45NO5S2. The number of hydrogen-bond acceptors (Lipinski definition) is 7. The van der Waals surface area contributed by atoms with E-state index in [1.54, 1.807) is 19.4 Å². The first-order valence-electron chi connectivity index (χ1n) is 13.2. The molecule has 220 valence electrons. The highest BCUT2D eigenvalue weighted by molar-refractivity contribution is 7.83. The van der Waals surface area contributed by atoms with Crippen molar-refractivity contribution in [1.82, 2.24) is 0 Å². The van der Waals surface area contributed by atoms with Crippen LogP contribution in [0.4, 0.5) is 5.00 Å². The van der Waals surface area contributed by atoms with Crippen LogP contribution in [0.5, 0.6) is 11.5 Å². The van der Waals surface area contributed by atoms with Gasteiger partial charge in [0.15, 0.2) is 17.3 Å². The van der Waals surface area contributed by atoms with E-state index in [1.165, 1.54) is 12.5 Å². The molecule has 8 heteroatoms. The zero-order valence-electron chi connectivity index (χ0n) is 25.6. The monoisotopic (exact) mass is 587 g/mol. The Labute approximate surface area is 249 Å². The number of carboxylic acids is 1. The SMILES string of the molecule is C=C(CCC)/C(C)=N/c1sc(C(=O)O)c(C)c1C(C)=O.CC.COc1cc(C)ccc1OC/C(C=C(C)C)=C/S. The van der Waals surface area contributed by atoms with E-state index in [0.29, 0.717) is 22.7 Å². The zero-order chi connectivity index (χ0) is 31.0. The minimum atomic E-state index is -1.03. The van der Waals surface area contributed by atoms with Crippen molar-refractivity contribution in [2.45, 2.75) is 75.2 Å². The van der Waals surface area contributed by atoms with Crippen LogP contribution in [0, 0.1) is 13.8 Å². The summed E-state index contributed by atoms with van der Waals surface area (Å²) in [5.74, 6) is 0.309. The Kier molecular flexibility index (Phi) is 17.6. The molecule has 0 amide bonds. The van der Waals surface area contributed by atoms with Gasteiger partial charge in [-0.05, 0) is 87.8 Å². The van der Waals surface area contributed by atoms with Crippen molar-refractivity contribution in [1.29, 1.82) is 0 Å². The molecule has 0 spiro atoms. The molecule has 0 fully saturated rings. The first-order valence-corrected chi connectivity index (χ1v) is 14.6. The second kappa shape index (κ2) is 19.1. The number of aryl methyl sites for hydroxylation is 1. The van der Waals surface area contributed by atoms with Crippen LogP contribution < -0.4 is 9.47 Å². The maximum atomic E-state index is 11.7. The maximum Gasteiger partial charge on any atom is 0.346 e. The van der Waals surface area contributed by atoms with Crippen LogP contribution in [-0.4, -0.2) is 36.3 Å². The Bertz CT molecular complexity index is 1250. The minimum Gasteiger partial charge on any atom is -0.493 e. The molecule has 0 saturated heterocycles. The van der Waals surface area contributed by atoms with Crippen molar-refractivity contribution < 1.29 is 24.2 Å². The third kappa shape index (κ3) is 12.0. The largest absolute Gasteiger partial charge is 0.493 e. The molecule has 2 aromatic rings. The Balaban J connectivity index is 0.000000719. The van der Waals surface area contributed by atoms with Gasteiger partial charge >= 0.3 is 5.97 Å². The van der Waals surface area contributed by atoms with Gasteiger partial charge in [-0.1, -0.05) is 51.5 Å². The average Bonchev–Trinajstić information content (AvgIpc) is 3.24. The summed E-state index contributed by atoms with van der Waals surface area (Å²) in [5, 5.41) is 11.4. The Morgan fingerprint density at radius 2 is 1.75 bits per heavy atom. The van der Waals surface area contributed by atoms with Gasteiger partial charge in [0, 0.05) is 5.71 Å². The lowest BCUT2D eigenvalue weighted by molar-refractivity contribution is 0.0701. The lowest BCUT2D eigenvalue weighted by atomic mass is 10.1. The summed E-state index contributed by atoms with van der Waals surface area (Å²) >= 11 is 5.22. The molecule has 1 aromatic carbocycles. The lowest BCUT2D eigenvalue weighted by Crippen LogP contribution is -2.01. The van der Waals surface area contributed by atoms with Gasteiger partial charge in [-0.3, -0.25) is 4.79 Å². The second-order valence-electron chi connectivity index (χ2n) is 9.02. The fourth-order valence-electron chi connectivity index (χ4n) is 3.45. The van der Waals surface area contributed by atoms with E-state index in [2.05, 4.69) is 31.1 Å². The fraction of sp³-hybridized carbons (Fsp3) is 0.406. The minimum absolute atomic E-state index is 0.168. The highest BCUT2D eigenvalue weighted by atomic mass is 32.1. The molecule has 0 aliphatic rings. The molecule has 0 bridgehead atoms. The number of aromatic carboxylic acids is 1. The number of methoxy groups -OCH3 is 1. The maximum absolute atomic E-state index is 11.7. The first kappa shape index (κ1) is 36.9. The number of rotatable bonds is 11. The van der Waals surface area contributed by atoms with Gasteiger partial charge in [-0.2, -0.15) is 12.6 Å². The van der Waals surface area contributed by atoms with E-state index in [9.17, 15) is 9.59 Å². The molecule has 0 radical (unpaired) electrons. The number of thiophene rings is 1. The fourth-order valence-corrected chi connectivity index (χ4v) is 4.72. The van der Waals surface area contributed by atoms with E-state index >= 15 is 0 Å². The zero-order valence-corrected chi connectivity index (χ0v) is 27.3. The summed E-state index contributed by atoms with van der Waals surface area (Å²) < 4.78 is 11.0. The van der Waals surface area contributed by atoms with Crippen LogP contribution in [0.15, 0.2) is 58.0 Å². The van der Waals surface area contributed by atoms with E-state index in [1.807, 2.05) is 65.8 Å². The normalized spacial score (nSPS) is 10.9. The number of hydrogen-bond donors (Lipinski definition) is 2. The number of nitrogens with zero attached hydrogens (tertiary/aromatic N) is 1. The number of Topliss-reactive ketones (excluding diaryl/α,β-unsaturated/α-hetero) is 1. The summed E-state index contributed by atoms with van der Waals surface area (Å²) in [6, 6.07) is 5.88. The van der Waals surface area contributed by atoms with Crippen LogP contribution in [0.25, 0.3) is 0 Å². The van der Waals surface area contributed by atoms with Crippen LogP contribution in [-0.2, 0) is 0 Å². The Hall–Kier alpha value is -3.10. The molecule has 40 heavy (non-hydrogen) atoms. The molecule has 1 heterocycles. The molecule has 0 atom stereocenters.